The summed E-state index contributed by atoms with van der Waals surface area (Å²) >= 11 is 12.1. The Morgan fingerprint density at radius 2 is 2.04 bits per heavy atom. The Balaban J connectivity index is 1.76. The third kappa shape index (κ3) is 2.34. The highest BCUT2D eigenvalue weighted by Crippen LogP contribution is 2.31. The van der Waals surface area contributed by atoms with Crippen LogP contribution in [-0.2, 0) is 0 Å². The standard InChI is InChI=1S/C15H9Cl2N5O2/c16-8-2-1-3-9(12(8)17)18-14-20-15-19-10-6-7(13(23)24)4-5-11(10)22(15)21-14/h1-6H,(H,23,24)(H2,18,19,20,21). The van der Waals surface area contributed by atoms with Crippen LogP contribution in [0.15, 0.2) is 36.4 Å². The number of aromatic nitrogens is 4. The van der Waals surface area contributed by atoms with Crippen molar-refractivity contribution in [1.29, 1.82) is 0 Å². The van der Waals surface area contributed by atoms with Crippen LogP contribution < -0.4 is 5.32 Å². The first-order chi connectivity index (χ1) is 11.5. The van der Waals surface area contributed by atoms with Crippen molar-refractivity contribution in [2.45, 2.75) is 0 Å². The monoisotopic (exact) mass is 361 g/mol. The van der Waals surface area contributed by atoms with Crippen LogP contribution >= 0.6 is 23.2 Å². The van der Waals surface area contributed by atoms with Crippen LogP contribution in [0.25, 0.3) is 16.8 Å². The summed E-state index contributed by atoms with van der Waals surface area (Å²) in [6, 6.07) is 9.93. The Hall–Kier alpha value is -2.77. The summed E-state index contributed by atoms with van der Waals surface area (Å²) in [5.74, 6) is -0.154. The number of benzene rings is 2. The lowest BCUT2D eigenvalue weighted by atomic mass is 10.2. The second-order valence-electron chi connectivity index (χ2n) is 5.05. The molecule has 2 aromatic carbocycles. The largest absolute Gasteiger partial charge is 0.478 e. The third-order valence-corrected chi connectivity index (χ3v) is 4.34. The second kappa shape index (κ2) is 5.40. The number of carboxylic acids is 1. The maximum atomic E-state index is 11.0. The molecule has 0 unspecified atom stereocenters. The molecule has 9 heteroatoms. The Kier molecular flexibility index (Phi) is 3.33. The number of nitrogens with zero attached hydrogens (tertiary/aromatic N) is 3. The van der Waals surface area contributed by atoms with Crippen LogP contribution in [0.5, 0.6) is 0 Å². The van der Waals surface area contributed by atoms with Gasteiger partial charge in [0.15, 0.2) is 0 Å². The zero-order chi connectivity index (χ0) is 16.8. The minimum Gasteiger partial charge on any atom is -0.478 e. The number of H-pyrrole nitrogens is 1. The van der Waals surface area contributed by atoms with Crippen molar-refractivity contribution in [3.63, 3.8) is 0 Å². The number of rotatable bonds is 3. The molecule has 3 N–H and O–H groups in total. The highest BCUT2D eigenvalue weighted by Gasteiger charge is 2.13. The summed E-state index contributed by atoms with van der Waals surface area (Å²) in [5.41, 5.74) is 2.04. The number of nitrogens with one attached hydrogen (secondary N) is 2. The second-order valence-corrected chi connectivity index (χ2v) is 5.84. The van der Waals surface area contributed by atoms with Gasteiger partial charge in [-0.25, -0.2) is 14.3 Å². The van der Waals surface area contributed by atoms with Gasteiger partial charge in [0.05, 0.1) is 32.3 Å². The van der Waals surface area contributed by atoms with E-state index in [1.807, 2.05) is 0 Å². The summed E-state index contributed by atoms with van der Waals surface area (Å²) in [7, 11) is 0. The molecule has 0 aliphatic rings. The van der Waals surface area contributed by atoms with Crippen molar-refractivity contribution < 1.29 is 9.90 Å². The molecule has 4 aromatic rings. The summed E-state index contributed by atoms with van der Waals surface area (Å²) in [6.45, 7) is 0. The first-order valence-electron chi connectivity index (χ1n) is 6.85. The van der Waals surface area contributed by atoms with Gasteiger partial charge >= 0.3 is 5.97 Å². The van der Waals surface area contributed by atoms with Gasteiger partial charge in [0.25, 0.3) is 5.78 Å². The molecule has 7 nitrogen and oxygen atoms in total. The number of aromatic amines is 1. The molecule has 0 bridgehead atoms. The molecule has 0 atom stereocenters. The van der Waals surface area contributed by atoms with E-state index >= 15 is 0 Å². The number of hydrogen-bond donors (Lipinski definition) is 3. The summed E-state index contributed by atoms with van der Waals surface area (Å²) in [6.07, 6.45) is 0. The fraction of sp³-hybridized carbons (Fsp3) is 0. The number of carbonyl (C=O) groups is 1. The van der Waals surface area contributed by atoms with E-state index in [4.69, 9.17) is 28.3 Å². The van der Waals surface area contributed by atoms with E-state index in [0.29, 0.717) is 38.5 Å². The minimum atomic E-state index is -1.00. The topological polar surface area (TPSA) is 95.3 Å². The van der Waals surface area contributed by atoms with E-state index in [1.165, 1.54) is 12.1 Å². The van der Waals surface area contributed by atoms with E-state index in [-0.39, 0.29) is 5.56 Å². The van der Waals surface area contributed by atoms with Crippen LogP contribution in [0.3, 0.4) is 0 Å². The molecule has 24 heavy (non-hydrogen) atoms. The zero-order valence-electron chi connectivity index (χ0n) is 11.9. The quantitative estimate of drug-likeness (QED) is 0.513. The number of imidazole rings is 1. The molecule has 0 saturated carbocycles. The maximum absolute atomic E-state index is 11.0. The normalized spacial score (nSPS) is 11.2. The van der Waals surface area contributed by atoms with Crippen molar-refractivity contribution in [3.05, 3.63) is 52.0 Å². The molecule has 0 saturated heterocycles. The maximum Gasteiger partial charge on any atom is 0.335 e. The van der Waals surface area contributed by atoms with Crippen LogP contribution in [0.4, 0.5) is 11.6 Å². The molecule has 4 rings (SSSR count). The molecular formula is C15H9Cl2N5O2. The van der Waals surface area contributed by atoms with Gasteiger partial charge in [-0.05, 0) is 30.3 Å². The van der Waals surface area contributed by atoms with Crippen LogP contribution in [0.2, 0.25) is 10.0 Å². The minimum absolute atomic E-state index is 0.173. The van der Waals surface area contributed by atoms with Gasteiger partial charge in [-0.3, -0.25) is 5.10 Å². The van der Waals surface area contributed by atoms with E-state index in [2.05, 4.69) is 20.4 Å². The SMILES string of the molecule is O=C(O)c1ccc2c(c1)nc1nc(Nc3cccc(Cl)c3Cl)[nH]n12. The van der Waals surface area contributed by atoms with Crippen LogP contribution in [0, 0.1) is 0 Å². The van der Waals surface area contributed by atoms with E-state index in [1.54, 1.807) is 28.8 Å². The number of halogens is 2. The van der Waals surface area contributed by atoms with Crippen molar-refractivity contribution in [3.8, 4) is 0 Å². The highest BCUT2D eigenvalue weighted by molar-refractivity contribution is 6.43. The predicted molar refractivity (Wildman–Crippen MR) is 91.5 cm³/mol. The van der Waals surface area contributed by atoms with E-state index < -0.39 is 5.97 Å². The Morgan fingerprint density at radius 1 is 1.21 bits per heavy atom. The molecule has 0 radical (unpaired) electrons. The molecule has 0 fully saturated rings. The van der Waals surface area contributed by atoms with Crippen molar-refractivity contribution in [2.75, 3.05) is 5.32 Å². The van der Waals surface area contributed by atoms with Gasteiger partial charge in [-0.15, -0.1) is 0 Å². The van der Waals surface area contributed by atoms with Gasteiger partial charge < -0.3 is 10.4 Å². The predicted octanol–water partition coefficient (Wildman–Crippen LogP) is 3.96. The highest BCUT2D eigenvalue weighted by atomic mass is 35.5. The Bertz CT molecular complexity index is 1100. The molecular weight excluding hydrogens is 353 g/mol. The molecule has 2 aromatic heterocycles. The number of carboxylic acid groups (broad SMARTS) is 1. The average Bonchev–Trinajstić information content (AvgIpc) is 3.08. The fourth-order valence-electron chi connectivity index (χ4n) is 2.40. The van der Waals surface area contributed by atoms with E-state index in [0.717, 1.165) is 0 Å². The summed E-state index contributed by atoms with van der Waals surface area (Å²) < 4.78 is 1.65. The molecule has 0 aliphatic heterocycles. The van der Waals surface area contributed by atoms with Gasteiger partial charge in [-0.2, -0.15) is 4.98 Å². The van der Waals surface area contributed by atoms with Crippen molar-refractivity contribution >= 4 is 57.6 Å². The average molecular weight is 362 g/mol. The lowest BCUT2D eigenvalue weighted by Gasteiger charge is -2.05. The number of anilines is 2. The van der Waals surface area contributed by atoms with Crippen molar-refractivity contribution in [2.24, 2.45) is 0 Å². The Morgan fingerprint density at radius 3 is 2.83 bits per heavy atom. The molecule has 0 spiro atoms. The third-order valence-electron chi connectivity index (χ3n) is 3.52. The molecule has 0 amide bonds. The summed E-state index contributed by atoms with van der Waals surface area (Å²) in [4.78, 5) is 19.7. The van der Waals surface area contributed by atoms with Gasteiger partial charge in [-0.1, -0.05) is 29.3 Å². The number of hydrogen-bond acceptors (Lipinski definition) is 4. The van der Waals surface area contributed by atoms with Crippen LogP contribution in [-0.4, -0.2) is 30.7 Å². The van der Waals surface area contributed by atoms with E-state index in [9.17, 15) is 4.79 Å². The molecule has 2 heterocycles. The summed E-state index contributed by atoms with van der Waals surface area (Å²) in [5, 5.41) is 16.0. The van der Waals surface area contributed by atoms with Gasteiger partial charge in [0.1, 0.15) is 0 Å². The fourth-order valence-corrected chi connectivity index (χ4v) is 2.75. The number of fused-ring (bicyclic) bond motifs is 3. The first kappa shape index (κ1) is 14.8. The number of aromatic carboxylic acids is 1. The molecule has 120 valence electrons. The lowest BCUT2D eigenvalue weighted by molar-refractivity contribution is 0.0697. The Labute approximate surface area is 144 Å². The van der Waals surface area contributed by atoms with Crippen LogP contribution in [0.1, 0.15) is 10.4 Å². The zero-order valence-corrected chi connectivity index (χ0v) is 13.4. The van der Waals surface area contributed by atoms with Crippen molar-refractivity contribution in [1.82, 2.24) is 19.6 Å². The van der Waals surface area contributed by atoms with Gasteiger partial charge in [0.2, 0.25) is 5.95 Å². The smallest absolute Gasteiger partial charge is 0.335 e. The first-order valence-corrected chi connectivity index (χ1v) is 7.61. The lowest BCUT2D eigenvalue weighted by Crippen LogP contribution is -1.96. The molecule has 0 aliphatic carbocycles. The van der Waals surface area contributed by atoms with Gasteiger partial charge in [0, 0.05) is 0 Å².